The van der Waals surface area contributed by atoms with Crippen molar-refractivity contribution >= 4 is 0 Å². The highest BCUT2D eigenvalue weighted by Crippen LogP contribution is 2.31. The van der Waals surface area contributed by atoms with E-state index in [1.807, 2.05) is 0 Å². The SMILES string of the molecule is COc1cc(C(C)C)c(C)c(C(C)C)c1. The van der Waals surface area contributed by atoms with Crippen molar-refractivity contribution in [3.05, 3.63) is 28.8 Å². The van der Waals surface area contributed by atoms with Gasteiger partial charge in [-0.2, -0.15) is 0 Å². The van der Waals surface area contributed by atoms with Gasteiger partial charge in [-0.25, -0.2) is 0 Å². The minimum atomic E-state index is 0.553. The topological polar surface area (TPSA) is 9.23 Å². The van der Waals surface area contributed by atoms with E-state index in [0.29, 0.717) is 11.8 Å². The lowest BCUT2D eigenvalue weighted by molar-refractivity contribution is 0.413. The molecule has 0 aliphatic rings. The van der Waals surface area contributed by atoms with Gasteiger partial charge in [0.2, 0.25) is 0 Å². The second kappa shape index (κ2) is 4.69. The zero-order valence-electron chi connectivity index (χ0n) is 10.7. The molecule has 1 nitrogen and oxygen atoms in total. The van der Waals surface area contributed by atoms with Crippen molar-refractivity contribution in [1.29, 1.82) is 0 Å². The monoisotopic (exact) mass is 206 g/mol. The van der Waals surface area contributed by atoms with E-state index in [2.05, 4.69) is 46.8 Å². The van der Waals surface area contributed by atoms with Gasteiger partial charge in [0.05, 0.1) is 7.11 Å². The lowest BCUT2D eigenvalue weighted by atomic mass is 9.89. The van der Waals surface area contributed by atoms with Gasteiger partial charge >= 0.3 is 0 Å². The summed E-state index contributed by atoms with van der Waals surface area (Å²) in [5.74, 6) is 2.09. The molecule has 0 saturated heterocycles. The first-order chi connectivity index (χ1) is 6.97. The number of methoxy groups -OCH3 is 1. The first-order valence-corrected chi connectivity index (χ1v) is 5.65. The van der Waals surface area contributed by atoms with Gasteiger partial charge in [0.25, 0.3) is 0 Å². The maximum Gasteiger partial charge on any atom is 0.119 e. The van der Waals surface area contributed by atoms with Gasteiger partial charge in [-0.3, -0.25) is 0 Å². The Morgan fingerprint density at radius 3 is 1.60 bits per heavy atom. The molecule has 15 heavy (non-hydrogen) atoms. The van der Waals surface area contributed by atoms with Crippen molar-refractivity contribution in [3.8, 4) is 5.75 Å². The summed E-state index contributed by atoms with van der Waals surface area (Å²) in [5.41, 5.74) is 4.22. The van der Waals surface area contributed by atoms with E-state index in [9.17, 15) is 0 Å². The van der Waals surface area contributed by atoms with E-state index in [0.717, 1.165) is 5.75 Å². The van der Waals surface area contributed by atoms with Crippen LogP contribution in [0.3, 0.4) is 0 Å². The number of benzene rings is 1. The molecule has 0 bridgehead atoms. The molecule has 0 radical (unpaired) electrons. The van der Waals surface area contributed by atoms with Gasteiger partial charge in [-0.05, 0) is 47.6 Å². The van der Waals surface area contributed by atoms with Crippen LogP contribution in [-0.4, -0.2) is 7.11 Å². The van der Waals surface area contributed by atoms with Crippen molar-refractivity contribution in [3.63, 3.8) is 0 Å². The Hall–Kier alpha value is -0.980. The van der Waals surface area contributed by atoms with Gasteiger partial charge in [0.15, 0.2) is 0 Å². The Morgan fingerprint density at radius 1 is 0.933 bits per heavy atom. The summed E-state index contributed by atoms with van der Waals surface area (Å²) >= 11 is 0. The van der Waals surface area contributed by atoms with Crippen LogP contribution in [0.2, 0.25) is 0 Å². The van der Waals surface area contributed by atoms with Crippen LogP contribution in [0.5, 0.6) is 5.75 Å². The standard InChI is InChI=1S/C14H22O/c1-9(2)13-7-12(15-6)8-14(10(3)4)11(13)5/h7-10H,1-6H3. The molecule has 0 aliphatic heterocycles. The van der Waals surface area contributed by atoms with Crippen molar-refractivity contribution in [2.45, 2.75) is 46.5 Å². The maximum absolute atomic E-state index is 5.35. The molecule has 0 fully saturated rings. The minimum absolute atomic E-state index is 0.553. The summed E-state index contributed by atoms with van der Waals surface area (Å²) in [5, 5.41) is 0. The molecule has 84 valence electrons. The highest BCUT2D eigenvalue weighted by atomic mass is 16.5. The van der Waals surface area contributed by atoms with E-state index < -0.39 is 0 Å². The molecule has 0 amide bonds. The van der Waals surface area contributed by atoms with E-state index in [4.69, 9.17) is 4.74 Å². The second-order valence-corrected chi connectivity index (χ2v) is 4.74. The Kier molecular flexibility index (Phi) is 3.78. The molecule has 0 heterocycles. The van der Waals surface area contributed by atoms with Crippen LogP contribution >= 0.6 is 0 Å². The first kappa shape index (κ1) is 12.1. The molecule has 0 saturated carbocycles. The Labute approximate surface area is 93.5 Å². The van der Waals surface area contributed by atoms with Gasteiger partial charge in [-0.1, -0.05) is 27.7 Å². The third kappa shape index (κ3) is 2.53. The summed E-state index contributed by atoms with van der Waals surface area (Å²) in [6.07, 6.45) is 0. The Bertz CT molecular complexity index is 308. The average molecular weight is 206 g/mol. The van der Waals surface area contributed by atoms with Crippen LogP contribution in [0.25, 0.3) is 0 Å². The molecule has 0 atom stereocenters. The van der Waals surface area contributed by atoms with Gasteiger partial charge in [0.1, 0.15) is 5.75 Å². The third-order valence-corrected chi connectivity index (χ3v) is 2.94. The maximum atomic E-state index is 5.35. The quantitative estimate of drug-likeness (QED) is 0.718. The van der Waals surface area contributed by atoms with Gasteiger partial charge in [0, 0.05) is 0 Å². The lowest BCUT2D eigenvalue weighted by Crippen LogP contribution is -2.00. The molecule has 1 aromatic carbocycles. The predicted octanol–water partition coefficient (Wildman–Crippen LogP) is 4.25. The molecule has 1 heteroatoms. The summed E-state index contributed by atoms with van der Waals surface area (Å²) < 4.78 is 5.35. The van der Waals surface area contributed by atoms with Crippen molar-refractivity contribution < 1.29 is 4.74 Å². The second-order valence-electron chi connectivity index (χ2n) is 4.74. The zero-order valence-corrected chi connectivity index (χ0v) is 10.7. The van der Waals surface area contributed by atoms with Crippen LogP contribution < -0.4 is 4.74 Å². The summed E-state index contributed by atoms with van der Waals surface area (Å²) in [6, 6.07) is 4.32. The van der Waals surface area contributed by atoms with Crippen LogP contribution in [0.4, 0.5) is 0 Å². The van der Waals surface area contributed by atoms with E-state index in [1.54, 1.807) is 7.11 Å². The number of ether oxygens (including phenoxy) is 1. The van der Waals surface area contributed by atoms with E-state index in [1.165, 1.54) is 16.7 Å². The van der Waals surface area contributed by atoms with Gasteiger partial charge in [-0.15, -0.1) is 0 Å². The van der Waals surface area contributed by atoms with Crippen LogP contribution in [-0.2, 0) is 0 Å². The number of hydrogen-bond donors (Lipinski definition) is 0. The summed E-state index contributed by atoms with van der Waals surface area (Å²) in [6.45, 7) is 11.1. The van der Waals surface area contributed by atoms with E-state index >= 15 is 0 Å². The molecular formula is C14H22O. The molecular weight excluding hydrogens is 184 g/mol. The Morgan fingerprint density at radius 2 is 1.33 bits per heavy atom. The van der Waals surface area contributed by atoms with Crippen molar-refractivity contribution in [2.24, 2.45) is 0 Å². The fourth-order valence-electron chi connectivity index (χ4n) is 2.05. The fraction of sp³-hybridized carbons (Fsp3) is 0.571. The average Bonchev–Trinajstić information content (AvgIpc) is 2.17. The zero-order chi connectivity index (χ0) is 11.6. The first-order valence-electron chi connectivity index (χ1n) is 5.65. The van der Waals surface area contributed by atoms with Crippen LogP contribution in [0.1, 0.15) is 56.2 Å². The van der Waals surface area contributed by atoms with Crippen LogP contribution in [0, 0.1) is 6.92 Å². The van der Waals surface area contributed by atoms with E-state index in [-0.39, 0.29) is 0 Å². The van der Waals surface area contributed by atoms with Gasteiger partial charge < -0.3 is 4.74 Å². The molecule has 0 N–H and O–H groups in total. The highest BCUT2D eigenvalue weighted by Gasteiger charge is 2.12. The smallest absolute Gasteiger partial charge is 0.119 e. The fourth-order valence-corrected chi connectivity index (χ4v) is 2.05. The molecule has 1 rings (SSSR count). The highest BCUT2D eigenvalue weighted by molar-refractivity contribution is 5.44. The third-order valence-electron chi connectivity index (χ3n) is 2.94. The molecule has 1 aromatic rings. The normalized spacial score (nSPS) is 11.2. The summed E-state index contributed by atoms with van der Waals surface area (Å²) in [4.78, 5) is 0. The molecule has 0 unspecified atom stereocenters. The lowest BCUT2D eigenvalue weighted by Gasteiger charge is -2.18. The van der Waals surface area contributed by atoms with Crippen LogP contribution in [0.15, 0.2) is 12.1 Å². The number of rotatable bonds is 3. The Balaban J connectivity index is 3.33. The molecule has 0 spiro atoms. The number of hydrogen-bond acceptors (Lipinski definition) is 1. The van der Waals surface area contributed by atoms with Crippen molar-refractivity contribution in [2.75, 3.05) is 7.11 Å². The largest absolute Gasteiger partial charge is 0.497 e. The van der Waals surface area contributed by atoms with Crippen molar-refractivity contribution in [1.82, 2.24) is 0 Å². The molecule has 0 aliphatic carbocycles. The minimum Gasteiger partial charge on any atom is -0.497 e. The predicted molar refractivity (Wildman–Crippen MR) is 65.9 cm³/mol. The summed E-state index contributed by atoms with van der Waals surface area (Å²) in [7, 11) is 1.74. The molecule has 0 aromatic heterocycles.